The van der Waals surface area contributed by atoms with Gasteiger partial charge in [-0.05, 0) is 19.9 Å². The van der Waals surface area contributed by atoms with Gasteiger partial charge >= 0.3 is 5.97 Å². The van der Waals surface area contributed by atoms with Gasteiger partial charge in [-0.15, -0.1) is 0 Å². The molecule has 1 heterocycles. The van der Waals surface area contributed by atoms with Gasteiger partial charge in [0.25, 0.3) is 0 Å². The van der Waals surface area contributed by atoms with E-state index < -0.39 is 21.5 Å². The molecule has 0 aliphatic carbocycles. The smallest absolute Gasteiger partial charge is 0.324 e. The Hall–Kier alpha value is -1.34. The van der Waals surface area contributed by atoms with Crippen LogP contribution in [0.25, 0.3) is 0 Å². The standard InChI is InChI=1S/C10H16N2O4S/c1-10(2,9(13)14)12(4)17(15,16)8-5-6-11(3)7-8/h5-7H,1-4H3,(H,13,14). The van der Waals surface area contributed by atoms with Crippen molar-refractivity contribution in [1.82, 2.24) is 8.87 Å². The van der Waals surface area contributed by atoms with Crippen molar-refractivity contribution in [3.63, 3.8) is 0 Å². The van der Waals surface area contributed by atoms with Gasteiger partial charge in [0.05, 0.1) is 4.90 Å². The molecule has 0 radical (unpaired) electrons. The van der Waals surface area contributed by atoms with Crippen LogP contribution in [0, 0.1) is 0 Å². The minimum Gasteiger partial charge on any atom is -0.480 e. The number of carboxylic acid groups (broad SMARTS) is 1. The second-order valence-corrected chi connectivity index (χ2v) is 6.32. The highest BCUT2D eigenvalue weighted by Crippen LogP contribution is 2.23. The van der Waals surface area contributed by atoms with Crippen LogP contribution in [0.2, 0.25) is 0 Å². The topological polar surface area (TPSA) is 79.6 Å². The van der Waals surface area contributed by atoms with Crippen molar-refractivity contribution in [3.05, 3.63) is 18.5 Å². The van der Waals surface area contributed by atoms with E-state index in [4.69, 9.17) is 5.11 Å². The first-order valence-electron chi connectivity index (χ1n) is 4.94. The third kappa shape index (κ3) is 2.34. The lowest BCUT2D eigenvalue weighted by atomic mass is 10.1. The summed E-state index contributed by atoms with van der Waals surface area (Å²) in [4.78, 5) is 11.1. The minimum atomic E-state index is -3.79. The van der Waals surface area contributed by atoms with E-state index in [0.29, 0.717) is 0 Å². The summed E-state index contributed by atoms with van der Waals surface area (Å²) in [5.74, 6) is -1.19. The summed E-state index contributed by atoms with van der Waals surface area (Å²) >= 11 is 0. The first-order chi connectivity index (χ1) is 7.60. The quantitative estimate of drug-likeness (QED) is 0.855. The Bertz CT molecular complexity index is 530. The lowest BCUT2D eigenvalue weighted by Gasteiger charge is -2.30. The number of rotatable bonds is 4. The van der Waals surface area contributed by atoms with E-state index >= 15 is 0 Å². The number of nitrogens with zero attached hydrogens (tertiary/aromatic N) is 2. The van der Waals surface area contributed by atoms with Crippen molar-refractivity contribution in [2.24, 2.45) is 7.05 Å². The van der Waals surface area contributed by atoms with E-state index in [0.717, 1.165) is 4.31 Å². The normalized spacial score (nSPS) is 13.0. The molecule has 0 aliphatic rings. The van der Waals surface area contributed by atoms with E-state index in [-0.39, 0.29) is 4.90 Å². The van der Waals surface area contributed by atoms with Gasteiger partial charge in [-0.25, -0.2) is 8.42 Å². The number of aryl methyl sites for hydroxylation is 1. The van der Waals surface area contributed by atoms with E-state index in [1.807, 2.05) is 0 Å². The fourth-order valence-corrected chi connectivity index (χ4v) is 2.75. The number of aromatic nitrogens is 1. The molecular weight excluding hydrogens is 244 g/mol. The van der Waals surface area contributed by atoms with Crippen LogP contribution >= 0.6 is 0 Å². The average molecular weight is 260 g/mol. The number of sulfonamides is 1. The van der Waals surface area contributed by atoms with Gasteiger partial charge in [0.15, 0.2) is 0 Å². The molecule has 0 aliphatic heterocycles. The van der Waals surface area contributed by atoms with Crippen molar-refractivity contribution in [1.29, 1.82) is 0 Å². The van der Waals surface area contributed by atoms with Crippen molar-refractivity contribution in [2.45, 2.75) is 24.3 Å². The molecule has 0 bridgehead atoms. The fourth-order valence-electron chi connectivity index (χ4n) is 1.22. The van der Waals surface area contributed by atoms with Crippen molar-refractivity contribution in [2.75, 3.05) is 7.05 Å². The number of aliphatic carboxylic acids is 1. The molecule has 0 amide bonds. The third-order valence-corrected chi connectivity index (χ3v) is 4.79. The van der Waals surface area contributed by atoms with Crippen molar-refractivity contribution < 1.29 is 18.3 Å². The zero-order chi connectivity index (χ0) is 13.4. The lowest BCUT2D eigenvalue weighted by molar-refractivity contribution is -0.145. The van der Waals surface area contributed by atoms with Gasteiger partial charge in [0, 0.05) is 26.5 Å². The third-order valence-electron chi connectivity index (χ3n) is 2.77. The van der Waals surface area contributed by atoms with Crippen molar-refractivity contribution >= 4 is 16.0 Å². The predicted molar refractivity (Wildman–Crippen MR) is 62.1 cm³/mol. The van der Waals surface area contributed by atoms with E-state index in [1.165, 1.54) is 33.2 Å². The predicted octanol–water partition coefficient (Wildman–Crippen LogP) is 0.509. The molecule has 0 saturated carbocycles. The van der Waals surface area contributed by atoms with Crippen LogP contribution in [0.5, 0.6) is 0 Å². The monoisotopic (exact) mass is 260 g/mol. The molecule has 1 rings (SSSR count). The fraction of sp³-hybridized carbons (Fsp3) is 0.500. The van der Waals surface area contributed by atoms with Crippen LogP contribution in [-0.4, -0.2) is 41.0 Å². The summed E-state index contributed by atoms with van der Waals surface area (Å²) in [6, 6.07) is 1.43. The molecule has 0 atom stereocenters. The van der Waals surface area contributed by atoms with Crippen LogP contribution in [0.3, 0.4) is 0 Å². The first-order valence-corrected chi connectivity index (χ1v) is 6.38. The Morgan fingerprint density at radius 3 is 2.35 bits per heavy atom. The molecule has 7 heteroatoms. The molecule has 1 aromatic rings. The van der Waals surface area contributed by atoms with E-state index in [2.05, 4.69) is 0 Å². The molecule has 0 unspecified atom stereocenters. The number of likely N-dealkylation sites (N-methyl/N-ethyl adjacent to an activating group) is 1. The van der Waals surface area contributed by atoms with Crippen LogP contribution in [0.4, 0.5) is 0 Å². The zero-order valence-corrected chi connectivity index (χ0v) is 11.0. The minimum absolute atomic E-state index is 0.0804. The number of hydrogen-bond donors (Lipinski definition) is 1. The van der Waals surface area contributed by atoms with Gasteiger partial charge in [0.1, 0.15) is 5.54 Å². The van der Waals surface area contributed by atoms with Crippen molar-refractivity contribution in [3.8, 4) is 0 Å². The van der Waals surface area contributed by atoms with E-state index in [1.54, 1.807) is 17.8 Å². The number of carboxylic acids is 1. The second-order valence-electron chi connectivity index (χ2n) is 4.35. The Kier molecular flexibility index (Phi) is 3.35. The van der Waals surface area contributed by atoms with Gasteiger partial charge in [-0.1, -0.05) is 0 Å². The number of carbonyl (C=O) groups is 1. The largest absolute Gasteiger partial charge is 0.480 e. The maximum atomic E-state index is 12.1. The van der Waals surface area contributed by atoms with Crippen LogP contribution in [0.15, 0.2) is 23.4 Å². The maximum Gasteiger partial charge on any atom is 0.324 e. The molecule has 0 spiro atoms. The summed E-state index contributed by atoms with van der Waals surface area (Å²) in [6.07, 6.45) is 3.03. The Morgan fingerprint density at radius 1 is 1.47 bits per heavy atom. The Balaban J connectivity index is 3.20. The average Bonchev–Trinajstić information content (AvgIpc) is 2.63. The Labute approximate surface area is 101 Å². The second kappa shape index (κ2) is 4.15. The lowest BCUT2D eigenvalue weighted by Crippen LogP contribution is -2.50. The van der Waals surface area contributed by atoms with Crippen LogP contribution < -0.4 is 0 Å². The molecule has 1 N–H and O–H groups in total. The van der Waals surface area contributed by atoms with Gasteiger partial charge in [0.2, 0.25) is 10.0 Å². The molecule has 0 fully saturated rings. The maximum absolute atomic E-state index is 12.1. The summed E-state index contributed by atoms with van der Waals surface area (Å²) in [6.45, 7) is 2.69. The summed E-state index contributed by atoms with van der Waals surface area (Å²) in [7, 11) is -0.833. The van der Waals surface area contributed by atoms with Crippen LogP contribution in [-0.2, 0) is 21.9 Å². The van der Waals surface area contributed by atoms with E-state index in [9.17, 15) is 13.2 Å². The van der Waals surface area contributed by atoms with Gasteiger partial charge in [-0.3, -0.25) is 4.79 Å². The highest BCUT2D eigenvalue weighted by Gasteiger charge is 2.40. The SMILES string of the molecule is CN(C(C)(C)C(=O)O)S(=O)(=O)c1ccn(C)c1. The first kappa shape index (κ1) is 13.7. The summed E-state index contributed by atoms with van der Waals surface area (Å²) in [5.41, 5.74) is -1.49. The Morgan fingerprint density at radius 2 is 2.00 bits per heavy atom. The molecular formula is C10H16N2O4S. The van der Waals surface area contributed by atoms with Gasteiger partial charge in [-0.2, -0.15) is 4.31 Å². The molecule has 1 aromatic heterocycles. The summed E-state index contributed by atoms with van der Waals surface area (Å²) in [5, 5.41) is 9.02. The molecule has 6 nitrogen and oxygen atoms in total. The molecule has 96 valence electrons. The van der Waals surface area contributed by atoms with Crippen LogP contribution in [0.1, 0.15) is 13.8 Å². The molecule has 0 aromatic carbocycles. The zero-order valence-electron chi connectivity index (χ0n) is 10.2. The highest BCUT2D eigenvalue weighted by atomic mass is 32.2. The highest BCUT2D eigenvalue weighted by molar-refractivity contribution is 7.89. The summed E-state index contributed by atoms with van der Waals surface area (Å²) < 4.78 is 26.7. The molecule has 0 saturated heterocycles. The van der Waals surface area contributed by atoms with Gasteiger partial charge < -0.3 is 9.67 Å². The number of hydrogen-bond acceptors (Lipinski definition) is 3. The molecule has 17 heavy (non-hydrogen) atoms.